The van der Waals surface area contributed by atoms with Crippen molar-refractivity contribution >= 4 is 5.91 Å². The zero-order chi connectivity index (χ0) is 10.7. The Kier molecular flexibility index (Phi) is 3.84. The normalized spacial score (nSPS) is 23.3. The minimum Gasteiger partial charge on any atom is -0.337 e. The first-order chi connectivity index (χ1) is 6.52. The molecule has 0 spiro atoms. The molecule has 0 saturated carbocycles. The first kappa shape index (κ1) is 11.4. The summed E-state index contributed by atoms with van der Waals surface area (Å²) in [6.45, 7) is 5.13. The number of carbonyl (C=O) groups excluding carboxylic acids is 1. The maximum absolute atomic E-state index is 12.1. The molecular weight excluding hydrogens is 188 g/mol. The van der Waals surface area contributed by atoms with Gasteiger partial charge >= 0.3 is 6.43 Å². The Balaban J connectivity index is 2.51. The van der Waals surface area contributed by atoms with Gasteiger partial charge in [0.05, 0.1) is 0 Å². The SMILES string of the molecule is CC(C)[C@H]1CCCN(C(=O)C(F)F)C1. The summed E-state index contributed by atoms with van der Waals surface area (Å²) in [6.07, 6.45) is -0.952. The van der Waals surface area contributed by atoms with Crippen molar-refractivity contribution < 1.29 is 13.6 Å². The maximum Gasteiger partial charge on any atom is 0.315 e. The van der Waals surface area contributed by atoms with E-state index in [-0.39, 0.29) is 0 Å². The van der Waals surface area contributed by atoms with Gasteiger partial charge in [-0.2, -0.15) is 8.78 Å². The van der Waals surface area contributed by atoms with Crippen LogP contribution in [0, 0.1) is 11.8 Å². The fraction of sp³-hybridized carbons (Fsp3) is 0.900. The van der Waals surface area contributed by atoms with Gasteiger partial charge in [0.2, 0.25) is 0 Å². The predicted octanol–water partition coefficient (Wildman–Crippen LogP) is 2.15. The Morgan fingerprint density at radius 1 is 1.43 bits per heavy atom. The summed E-state index contributed by atoms with van der Waals surface area (Å²) < 4.78 is 24.3. The van der Waals surface area contributed by atoms with Crippen LogP contribution < -0.4 is 0 Å². The molecule has 0 aliphatic carbocycles. The first-order valence-electron chi connectivity index (χ1n) is 5.09. The third kappa shape index (κ3) is 2.66. The van der Waals surface area contributed by atoms with Crippen LogP contribution in [0.3, 0.4) is 0 Å². The summed E-state index contributed by atoms with van der Waals surface area (Å²) in [6, 6.07) is 0. The summed E-state index contributed by atoms with van der Waals surface area (Å²) in [5.74, 6) is -0.162. The second-order valence-corrected chi connectivity index (χ2v) is 4.23. The summed E-state index contributed by atoms with van der Waals surface area (Å²) in [4.78, 5) is 12.3. The van der Waals surface area contributed by atoms with Crippen LogP contribution in [0.4, 0.5) is 8.78 Å². The van der Waals surface area contributed by atoms with Crippen LogP contribution in [0.1, 0.15) is 26.7 Å². The second-order valence-electron chi connectivity index (χ2n) is 4.23. The first-order valence-corrected chi connectivity index (χ1v) is 5.09. The molecule has 0 bridgehead atoms. The number of carbonyl (C=O) groups is 1. The smallest absolute Gasteiger partial charge is 0.315 e. The van der Waals surface area contributed by atoms with Crippen LogP contribution in [0.2, 0.25) is 0 Å². The molecule has 82 valence electrons. The zero-order valence-electron chi connectivity index (χ0n) is 8.67. The van der Waals surface area contributed by atoms with Gasteiger partial charge in [0, 0.05) is 13.1 Å². The van der Waals surface area contributed by atoms with Crippen LogP contribution in [0.25, 0.3) is 0 Å². The quantitative estimate of drug-likeness (QED) is 0.676. The molecule has 0 radical (unpaired) electrons. The topological polar surface area (TPSA) is 20.3 Å². The van der Waals surface area contributed by atoms with Gasteiger partial charge in [-0.25, -0.2) is 0 Å². The van der Waals surface area contributed by atoms with Crippen molar-refractivity contribution in [2.45, 2.75) is 33.1 Å². The van der Waals surface area contributed by atoms with Crippen molar-refractivity contribution in [2.75, 3.05) is 13.1 Å². The number of piperidine rings is 1. The lowest BCUT2D eigenvalue weighted by Gasteiger charge is -2.34. The molecule has 1 heterocycles. The van der Waals surface area contributed by atoms with Crippen molar-refractivity contribution in [2.24, 2.45) is 11.8 Å². The Labute approximate surface area is 83.3 Å². The van der Waals surface area contributed by atoms with E-state index in [9.17, 15) is 13.6 Å². The van der Waals surface area contributed by atoms with E-state index in [1.54, 1.807) is 0 Å². The second kappa shape index (κ2) is 4.71. The van der Waals surface area contributed by atoms with E-state index in [4.69, 9.17) is 0 Å². The van der Waals surface area contributed by atoms with Crippen LogP contribution in [0.5, 0.6) is 0 Å². The van der Waals surface area contributed by atoms with E-state index in [0.717, 1.165) is 12.8 Å². The van der Waals surface area contributed by atoms with Crippen LogP contribution in [-0.4, -0.2) is 30.3 Å². The molecule has 0 aromatic rings. The Hall–Kier alpha value is -0.670. The van der Waals surface area contributed by atoms with E-state index in [2.05, 4.69) is 13.8 Å². The molecule has 2 nitrogen and oxygen atoms in total. The third-order valence-corrected chi connectivity index (χ3v) is 2.90. The predicted molar refractivity (Wildman–Crippen MR) is 50.1 cm³/mol. The zero-order valence-corrected chi connectivity index (χ0v) is 8.67. The Bertz CT molecular complexity index is 206. The standard InChI is InChI=1S/C10H17F2NO/c1-7(2)8-4-3-5-13(6-8)10(14)9(11)12/h7-9H,3-6H2,1-2H3/t8-/m0/s1. The fourth-order valence-corrected chi connectivity index (χ4v) is 1.89. The highest BCUT2D eigenvalue weighted by atomic mass is 19.3. The van der Waals surface area contributed by atoms with Gasteiger partial charge in [0.1, 0.15) is 0 Å². The van der Waals surface area contributed by atoms with Crippen molar-refractivity contribution in [1.82, 2.24) is 4.90 Å². The van der Waals surface area contributed by atoms with Gasteiger partial charge in [-0.3, -0.25) is 4.79 Å². The average molecular weight is 205 g/mol. The van der Waals surface area contributed by atoms with Crippen LogP contribution in [-0.2, 0) is 4.79 Å². The molecule has 0 unspecified atom stereocenters. The number of hydrogen-bond acceptors (Lipinski definition) is 1. The van der Waals surface area contributed by atoms with Crippen LogP contribution in [0.15, 0.2) is 0 Å². The molecule has 4 heteroatoms. The summed E-state index contributed by atoms with van der Waals surface area (Å²) in [5.41, 5.74) is 0. The number of amides is 1. The average Bonchev–Trinajstić information content (AvgIpc) is 2.16. The van der Waals surface area contributed by atoms with E-state index in [1.165, 1.54) is 4.90 Å². The van der Waals surface area contributed by atoms with Crippen LogP contribution >= 0.6 is 0 Å². The van der Waals surface area contributed by atoms with Gasteiger partial charge in [-0.05, 0) is 24.7 Å². The largest absolute Gasteiger partial charge is 0.337 e. The van der Waals surface area contributed by atoms with E-state index < -0.39 is 12.3 Å². The molecular formula is C10H17F2NO. The summed E-state index contributed by atoms with van der Waals surface area (Å²) >= 11 is 0. The number of hydrogen-bond donors (Lipinski definition) is 0. The monoisotopic (exact) mass is 205 g/mol. The van der Waals surface area contributed by atoms with E-state index >= 15 is 0 Å². The number of likely N-dealkylation sites (tertiary alicyclic amines) is 1. The number of alkyl halides is 2. The highest BCUT2D eigenvalue weighted by molar-refractivity contribution is 5.79. The lowest BCUT2D eigenvalue weighted by atomic mass is 9.88. The number of rotatable bonds is 2. The minimum atomic E-state index is -2.85. The van der Waals surface area contributed by atoms with Crippen molar-refractivity contribution in [3.05, 3.63) is 0 Å². The minimum absolute atomic E-state index is 0.381. The molecule has 14 heavy (non-hydrogen) atoms. The molecule has 0 aromatic heterocycles. The lowest BCUT2D eigenvalue weighted by molar-refractivity contribution is -0.145. The van der Waals surface area contributed by atoms with Gasteiger partial charge < -0.3 is 4.90 Å². The van der Waals surface area contributed by atoms with Gasteiger partial charge in [-0.1, -0.05) is 13.8 Å². The lowest BCUT2D eigenvalue weighted by Crippen LogP contribution is -2.43. The molecule has 1 rings (SSSR count). The molecule has 1 fully saturated rings. The van der Waals surface area contributed by atoms with Gasteiger partial charge in [-0.15, -0.1) is 0 Å². The molecule has 1 aliphatic rings. The number of nitrogens with zero attached hydrogens (tertiary/aromatic N) is 1. The molecule has 1 aliphatic heterocycles. The molecule has 0 N–H and O–H groups in total. The summed E-state index contributed by atoms with van der Waals surface area (Å²) in [7, 11) is 0. The molecule has 1 amide bonds. The highest BCUT2D eigenvalue weighted by Crippen LogP contribution is 2.24. The molecule has 1 atom stereocenters. The van der Waals surface area contributed by atoms with Crippen molar-refractivity contribution in [1.29, 1.82) is 0 Å². The third-order valence-electron chi connectivity index (χ3n) is 2.90. The molecule has 1 saturated heterocycles. The summed E-state index contributed by atoms with van der Waals surface area (Å²) in [5, 5.41) is 0. The van der Waals surface area contributed by atoms with Crippen molar-refractivity contribution in [3.8, 4) is 0 Å². The Morgan fingerprint density at radius 3 is 2.57 bits per heavy atom. The van der Waals surface area contributed by atoms with Gasteiger partial charge in [0.25, 0.3) is 5.91 Å². The van der Waals surface area contributed by atoms with Gasteiger partial charge in [0.15, 0.2) is 0 Å². The maximum atomic E-state index is 12.1. The highest BCUT2D eigenvalue weighted by Gasteiger charge is 2.29. The van der Waals surface area contributed by atoms with Crippen molar-refractivity contribution in [3.63, 3.8) is 0 Å². The van der Waals surface area contributed by atoms with E-state index in [0.29, 0.717) is 24.9 Å². The molecule has 0 aromatic carbocycles. The Morgan fingerprint density at radius 2 is 2.07 bits per heavy atom. The van der Waals surface area contributed by atoms with E-state index in [1.807, 2.05) is 0 Å². The fourth-order valence-electron chi connectivity index (χ4n) is 1.89. The number of halogens is 2.